The van der Waals surface area contributed by atoms with Gasteiger partial charge in [0.2, 0.25) is 5.43 Å². The Labute approximate surface area is 120 Å². The van der Waals surface area contributed by atoms with Gasteiger partial charge in [-0.05, 0) is 32.0 Å². The number of halogens is 2. The summed E-state index contributed by atoms with van der Waals surface area (Å²) < 4.78 is 1.60. The molecule has 0 saturated heterocycles. The van der Waals surface area contributed by atoms with E-state index >= 15 is 0 Å². The molecule has 0 saturated carbocycles. The van der Waals surface area contributed by atoms with Crippen LogP contribution in [0.2, 0.25) is 10.0 Å². The zero-order valence-electron chi connectivity index (χ0n) is 10.5. The monoisotopic (exact) mass is 297 g/mol. The Kier molecular flexibility index (Phi) is 3.94. The molecule has 0 aliphatic heterocycles. The van der Waals surface area contributed by atoms with E-state index in [1.807, 2.05) is 0 Å². The molecule has 1 aromatic heterocycles. The molecular formula is C13H13Cl2N3O. The molecule has 0 aliphatic rings. The number of benzene rings is 1. The molecular weight excluding hydrogens is 285 g/mol. The van der Waals surface area contributed by atoms with E-state index in [4.69, 9.17) is 28.9 Å². The molecule has 0 fully saturated rings. The van der Waals surface area contributed by atoms with Gasteiger partial charge in [0.25, 0.3) is 0 Å². The molecule has 0 spiro atoms. The molecule has 1 atom stereocenters. The van der Waals surface area contributed by atoms with Crippen molar-refractivity contribution in [3.63, 3.8) is 0 Å². The number of aryl methyl sites for hydroxylation is 1. The molecule has 1 heterocycles. The van der Waals surface area contributed by atoms with Crippen molar-refractivity contribution in [2.45, 2.75) is 19.9 Å². The summed E-state index contributed by atoms with van der Waals surface area (Å²) >= 11 is 12.0. The zero-order chi connectivity index (χ0) is 14.2. The lowest BCUT2D eigenvalue weighted by Gasteiger charge is -2.14. The highest BCUT2D eigenvalue weighted by Crippen LogP contribution is 2.24. The van der Waals surface area contributed by atoms with Crippen molar-refractivity contribution < 1.29 is 0 Å². The van der Waals surface area contributed by atoms with Crippen LogP contribution < -0.4 is 11.2 Å². The van der Waals surface area contributed by atoms with E-state index in [-0.39, 0.29) is 5.43 Å². The number of hydrogen-bond acceptors (Lipinski definition) is 3. The van der Waals surface area contributed by atoms with Crippen molar-refractivity contribution in [1.29, 1.82) is 0 Å². The Bertz CT molecular complexity index is 680. The predicted octanol–water partition coefficient (Wildman–Crippen LogP) is 2.87. The molecule has 100 valence electrons. The van der Waals surface area contributed by atoms with Crippen LogP contribution in [0.15, 0.2) is 29.1 Å². The third-order valence-corrected chi connectivity index (χ3v) is 3.24. The number of rotatable bonds is 2. The maximum absolute atomic E-state index is 11.8. The largest absolute Gasteiger partial charge is 0.323 e. The van der Waals surface area contributed by atoms with E-state index in [1.54, 1.807) is 36.7 Å². The van der Waals surface area contributed by atoms with Crippen molar-refractivity contribution in [2.75, 3.05) is 0 Å². The summed E-state index contributed by atoms with van der Waals surface area (Å²) in [6, 6.07) is 6.15. The maximum Gasteiger partial charge on any atom is 0.205 e. The Balaban J connectivity index is 2.68. The topological polar surface area (TPSA) is 60.9 Å². The molecule has 19 heavy (non-hydrogen) atoms. The molecule has 0 amide bonds. The second-order valence-corrected chi connectivity index (χ2v) is 5.18. The quantitative estimate of drug-likeness (QED) is 0.927. The summed E-state index contributed by atoms with van der Waals surface area (Å²) in [4.78, 5) is 11.8. The SMILES string of the molecule is Cc1cc(=O)c(C(C)N)nn1-c1ccc(Cl)cc1Cl. The number of aromatic nitrogens is 2. The van der Waals surface area contributed by atoms with Crippen LogP contribution in [0.25, 0.3) is 5.69 Å². The van der Waals surface area contributed by atoms with Crippen molar-refractivity contribution in [3.8, 4) is 5.69 Å². The first-order valence-electron chi connectivity index (χ1n) is 5.72. The Morgan fingerprint density at radius 2 is 2.00 bits per heavy atom. The molecule has 6 heteroatoms. The average molecular weight is 298 g/mol. The highest BCUT2D eigenvalue weighted by atomic mass is 35.5. The van der Waals surface area contributed by atoms with Crippen LogP contribution in [0.4, 0.5) is 0 Å². The summed E-state index contributed by atoms with van der Waals surface area (Å²) in [7, 11) is 0. The van der Waals surface area contributed by atoms with Crippen molar-refractivity contribution >= 4 is 23.2 Å². The standard InChI is InChI=1S/C13H13Cl2N3O/c1-7-5-12(19)13(8(2)16)17-18(7)11-4-3-9(14)6-10(11)15/h3-6,8H,16H2,1-2H3. The average Bonchev–Trinajstić information content (AvgIpc) is 2.30. The molecule has 1 unspecified atom stereocenters. The van der Waals surface area contributed by atoms with Crippen LogP contribution in [-0.2, 0) is 0 Å². The second-order valence-electron chi connectivity index (χ2n) is 4.33. The summed E-state index contributed by atoms with van der Waals surface area (Å²) in [6.07, 6.45) is 0. The van der Waals surface area contributed by atoms with E-state index in [2.05, 4.69) is 5.10 Å². The van der Waals surface area contributed by atoms with Gasteiger partial charge in [-0.2, -0.15) is 5.10 Å². The van der Waals surface area contributed by atoms with Gasteiger partial charge in [-0.1, -0.05) is 23.2 Å². The molecule has 0 bridgehead atoms. The zero-order valence-corrected chi connectivity index (χ0v) is 12.0. The van der Waals surface area contributed by atoms with Crippen LogP contribution in [0.1, 0.15) is 24.4 Å². The first-order valence-corrected chi connectivity index (χ1v) is 6.47. The molecule has 1 aromatic carbocycles. The Morgan fingerprint density at radius 1 is 1.32 bits per heavy atom. The third-order valence-electron chi connectivity index (χ3n) is 2.70. The Morgan fingerprint density at radius 3 is 2.58 bits per heavy atom. The molecule has 2 rings (SSSR count). The van der Waals surface area contributed by atoms with Crippen LogP contribution in [0, 0.1) is 6.92 Å². The van der Waals surface area contributed by atoms with Crippen molar-refractivity contribution in [1.82, 2.24) is 9.78 Å². The minimum atomic E-state index is -0.439. The highest BCUT2D eigenvalue weighted by Gasteiger charge is 2.12. The van der Waals surface area contributed by atoms with Crippen LogP contribution >= 0.6 is 23.2 Å². The van der Waals surface area contributed by atoms with Gasteiger partial charge in [0.1, 0.15) is 5.69 Å². The fourth-order valence-corrected chi connectivity index (χ4v) is 2.26. The highest BCUT2D eigenvalue weighted by molar-refractivity contribution is 6.35. The number of hydrogen-bond donors (Lipinski definition) is 1. The first-order chi connectivity index (χ1) is 8.90. The summed E-state index contributed by atoms with van der Waals surface area (Å²) in [5.74, 6) is 0. The van der Waals surface area contributed by atoms with Crippen molar-refractivity contribution in [2.24, 2.45) is 5.73 Å². The second kappa shape index (κ2) is 5.33. The Hall–Kier alpha value is -1.36. The fraction of sp³-hybridized carbons (Fsp3) is 0.231. The summed E-state index contributed by atoms with van der Waals surface area (Å²) in [5, 5.41) is 5.29. The van der Waals surface area contributed by atoms with Crippen molar-refractivity contribution in [3.05, 3.63) is 55.9 Å². The molecule has 4 nitrogen and oxygen atoms in total. The number of nitrogens with zero attached hydrogens (tertiary/aromatic N) is 2. The lowest BCUT2D eigenvalue weighted by molar-refractivity contribution is 0.687. The van der Waals surface area contributed by atoms with Gasteiger partial charge in [-0.25, -0.2) is 4.68 Å². The molecule has 2 aromatic rings. The predicted molar refractivity (Wildman–Crippen MR) is 77.2 cm³/mol. The summed E-state index contributed by atoms with van der Waals surface area (Å²) in [5.41, 5.74) is 7.21. The fourth-order valence-electron chi connectivity index (χ4n) is 1.77. The van der Waals surface area contributed by atoms with Gasteiger partial charge in [-0.15, -0.1) is 0 Å². The van der Waals surface area contributed by atoms with Crippen LogP contribution in [-0.4, -0.2) is 9.78 Å². The maximum atomic E-state index is 11.8. The van der Waals surface area contributed by atoms with Gasteiger partial charge in [0, 0.05) is 22.8 Å². The van der Waals surface area contributed by atoms with E-state index in [0.29, 0.717) is 27.1 Å². The van der Waals surface area contributed by atoms with Crippen LogP contribution in [0.3, 0.4) is 0 Å². The first kappa shape index (κ1) is 14.1. The van der Waals surface area contributed by atoms with E-state index < -0.39 is 6.04 Å². The summed E-state index contributed by atoms with van der Waals surface area (Å²) in [6.45, 7) is 3.50. The number of nitrogens with two attached hydrogens (primary N) is 1. The van der Waals surface area contributed by atoms with Gasteiger partial charge in [0.05, 0.1) is 10.7 Å². The van der Waals surface area contributed by atoms with E-state index in [1.165, 1.54) is 6.07 Å². The van der Waals surface area contributed by atoms with Gasteiger partial charge >= 0.3 is 0 Å². The smallest absolute Gasteiger partial charge is 0.205 e. The minimum Gasteiger partial charge on any atom is -0.323 e. The van der Waals surface area contributed by atoms with Gasteiger partial charge < -0.3 is 5.73 Å². The van der Waals surface area contributed by atoms with Gasteiger partial charge in [0.15, 0.2) is 0 Å². The lowest BCUT2D eigenvalue weighted by Crippen LogP contribution is -2.24. The third kappa shape index (κ3) is 2.81. The minimum absolute atomic E-state index is 0.172. The van der Waals surface area contributed by atoms with Gasteiger partial charge in [-0.3, -0.25) is 4.79 Å². The normalized spacial score (nSPS) is 12.5. The molecule has 0 radical (unpaired) electrons. The molecule has 2 N–H and O–H groups in total. The lowest BCUT2D eigenvalue weighted by atomic mass is 10.2. The van der Waals surface area contributed by atoms with E-state index in [9.17, 15) is 4.79 Å². The van der Waals surface area contributed by atoms with Crippen LogP contribution in [0.5, 0.6) is 0 Å². The molecule has 0 aliphatic carbocycles. The van der Waals surface area contributed by atoms with E-state index in [0.717, 1.165) is 0 Å².